The predicted octanol–water partition coefficient (Wildman–Crippen LogP) is 4.47. The van der Waals surface area contributed by atoms with E-state index in [1.807, 2.05) is 55.3 Å². The van der Waals surface area contributed by atoms with Gasteiger partial charge >= 0.3 is 6.16 Å². The number of amides is 1. The number of nitrogens with zero attached hydrogens (tertiary/aromatic N) is 2. The van der Waals surface area contributed by atoms with Crippen LogP contribution in [0, 0.1) is 13.8 Å². The zero-order valence-electron chi connectivity index (χ0n) is 28.5. The van der Waals surface area contributed by atoms with E-state index in [-0.39, 0.29) is 43.4 Å². The summed E-state index contributed by atoms with van der Waals surface area (Å²) in [6.07, 6.45) is 3.54. The lowest BCUT2D eigenvalue weighted by atomic mass is 9.73. The van der Waals surface area contributed by atoms with Crippen molar-refractivity contribution in [1.29, 1.82) is 0 Å². The Hall–Kier alpha value is -5.04. The lowest BCUT2D eigenvalue weighted by Gasteiger charge is -2.60. The summed E-state index contributed by atoms with van der Waals surface area (Å²) in [5.74, 6) is 1.28. The number of aliphatic hydroxyl groups is 1. The number of benzene rings is 3. The van der Waals surface area contributed by atoms with Gasteiger partial charge in [0.1, 0.15) is 18.6 Å². The van der Waals surface area contributed by atoms with Crippen molar-refractivity contribution < 1.29 is 43.5 Å². The quantitative estimate of drug-likeness (QED) is 0.134. The van der Waals surface area contributed by atoms with Gasteiger partial charge in [-0.2, -0.15) is 0 Å². The van der Waals surface area contributed by atoms with Crippen molar-refractivity contribution in [1.82, 2.24) is 15.1 Å². The summed E-state index contributed by atoms with van der Waals surface area (Å²) >= 11 is 0. The molecule has 50 heavy (non-hydrogen) atoms. The average Bonchev–Trinajstić information content (AvgIpc) is 3.60. The number of aromatic hydroxyl groups is 1. The summed E-state index contributed by atoms with van der Waals surface area (Å²) in [5.41, 5.74) is 5.18. The smallest absolute Gasteiger partial charge is 0.504 e. The second kappa shape index (κ2) is 13.3. The maximum Gasteiger partial charge on any atom is 0.514 e. The summed E-state index contributed by atoms with van der Waals surface area (Å²) in [7, 11) is 3.48. The van der Waals surface area contributed by atoms with Gasteiger partial charge in [-0.15, -0.1) is 0 Å². The number of phenolic OH excluding ortho intramolecular Hbond substituents is 1. The number of hydrogen-bond acceptors (Lipinski definition) is 11. The highest BCUT2D eigenvalue weighted by Gasteiger charge is 2.56. The van der Waals surface area contributed by atoms with E-state index in [9.17, 15) is 19.8 Å². The van der Waals surface area contributed by atoms with Gasteiger partial charge in [-0.25, -0.2) is 4.79 Å². The van der Waals surface area contributed by atoms with Crippen LogP contribution in [0.5, 0.6) is 28.7 Å². The van der Waals surface area contributed by atoms with Gasteiger partial charge in [0.15, 0.2) is 23.0 Å². The molecule has 0 saturated carbocycles. The molecule has 4 aliphatic rings. The molecular formula is C38H41N3O9. The second-order valence-corrected chi connectivity index (χ2v) is 13.0. The van der Waals surface area contributed by atoms with Gasteiger partial charge in [0, 0.05) is 40.9 Å². The minimum atomic E-state index is -0.977. The first-order valence-electron chi connectivity index (χ1n) is 16.6. The van der Waals surface area contributed by atoms with E-state index in [4.69, 9.17) is 23.7 Å². The van der Waals surface area contributed by atoms with Gasteiger partial charge in [0.25, 0.3) is 0 Å². The number of nitrogens with one attached hydrogen (secondary N) is 1. The van der Waals surface area contributed by atoms with Crippen LogP contribution in [0.1, 0.15) is 51.0 Å². The molecule has 4 aliphatic heterocycles. The Balaban J connectivity index is 1.37. The summed E-state index contributed by atoms with van der Waals surface area (Å²) in [5, 5.41) is 27.0. The summed E-state index contributed by atoms with van der Waals surface area (Å²) < 4.78 is 28.8. The molecule has 1 amide bonds. The van der Waals surface area contributed by atoms with Crippen LogP contribution >= 0.6 is 0 Å². The molecule has 1 fully saturated rings. The van der Waals surface area contributed by atoms with Crippen LogP contribution in [0.2, 0.25) is 0 Å². The van der Waals surface area contributed by atoms with Crippen LogP contribution in [-0.4, -0.2) is 84.5 Å². The molecule has 3 N–H and O–H groups in total. The fourth-order valence-electron chi connectivity index (χ4n) is 8.21. The first-order chi connectivity index (χ1) is 24.1. The topological polar surface area (TPSA) is 139 Å². The number of hydrogen-bond donors (Lipinski definition) is 3. The number of fused-ring (bicyclic) bond motifs is 9. The van der Waals surface area contributed by atoms with Crippen molar-refractivity contribution in [3.05, 3.63) is 94.1 Å². The molecule has 7 rings (SSSR count). The Labute approximate surface area is 290 Å². The van der Waals surface area contributed by atoms with Crippen LogP contribution in [0.4, 0.5) is 4.79 Å². The maximum absolute atomic E-state index is 13.3. The highest BCUT2D eigenvalue weighted by molar-refractivity contribution is 5.91. The predicted molar refractivity (Wildman–Crippen MR) is 183 cm³/mol. The number of phenols is 1. The molecule has 1 saturated heterocycles. The Bertz CT molecular complexity index is 1880. The van der Waals surface area contributed by atoms with Crippen molar-refractivity contribution >= 4 is 18.1 Å². The highest BCUT2D eigenvalue weighted by Crippen LogP contribution is 2.58. The molecular weight excluding hydrogens is 642 g/mol. The fourth-order valence-corrected chi connectivity index (χ4v) is 8.21. The normalized spacial score (nSPS) is 23.4. The molecule has 0 aliphatic carbocycles. The molecule has 0 radical (unpaired) electrons. The van der Waals surface area contributed by atoms with Gasteiger partial charge in [0.05, 0.1) is 25.2 Å². The molecule has 4 heterocycles. The monoisotopic (exact) mass is 683 g/mol. The lowest BCUT2D eigenvalue weighted by molar-refractivity contribution is -0.172. The number of likely N-dealkylation sites (N-methyl/N-ethyl adjacent to an activating group) is 1. The van der Waals surface area contributed by atoms with Crippen molar-refractivity contribution in [2.24, 2.45) is 0 Å². The third kappa shape index (κ3) is 5.53. The van der Waals surface area contributed by atoms with Gasteiger partial charge in [-0.3, -0.25) is 14.6 Å². The molecule has 1 unspecified atom stereocenters. The summed E-state index contributed by atoms with van der Waals surface area (Å²) in [6, 6.07) is 9.67. The first kappa shape index (κ1) is 33.5. The van der Waals surface area contributed by atoms with Crippen molar-refractivity contribution in [3.63, 3.8) is 0 Å². The Kier molecular flexibility index (Phi) is 8.93. The Morgan fingerprint density at radius 3 is 2.58 bits per heavy atom. The molecule has 3 aromatic rings. The van der Waals surface area contributed by atoms with E-state index in [2.05, 4.69) is 16.8 Å². The van der Waals surface area contributed by atoms with Crippen molar-refractivity contribution in [2.45, 2.75) is 57.1 Å². The number of piperazine rings is 1. The van der Waals surface area contributed by atoms with E-state index >= 15 is 0 Å². The SMILES string of the molecule is C=CCOC(=O)Oc1c(C)c2c(c3c1CC1[C@H]4c5c(cc(C)c(OC)c5O)C[C@@H]([C@H](O)N1[C@H]3CNC(=O)C=Cc1ccccc1)N4C)OCO2. The van der Waals surface area contributed by atoms with Gasteiger partial charge in [0.2, 0.25) is 12.7 Å². The molecule has 262 valence electrons. The minimum Gasteiger partial charge on any atom is -0.504 e. The number of carbonyl (C=O) groups is 2. The van der Waals surface area contributed by atoms with Crippen LogP contribution < -0.4 is 24.3 Å². The molecule has 12 heteroatoms. The zero-order chi connectivity index (χ0) is 35.3. The molecule has 2 bridgehead atoms. The lowest BCUT2D eigenvalue weighted by Crippen LogP contribution is -2.69. The van der Waals surface area contributed by atoms with Gasteiger partial charge in [-0.1, -0.05) is 49.1 Å². The average molecular weight is 684 g/mol. The maximum atomic E-state index is 13.3. The third-order valence-electron chi connectivity index (χ3n) is 10.3. The minimum absolute atomic E-state index is 0.0378. The van der Waals surface area contributed by atoms with Crippen LogP contribution in [-0.2, 0) is 22.4 Å². The van der Waals surface area contributed by atoms with Crippen LogP contribution in [0.15, 0.2) is 55.1 Å². The summed E-state index contributed by atoms with van der Waals surface area (Å²) in [6.45, 7) is 7.28. The van der Waals surface area contributed by atoms with Crippen molar-refractivity contribution in [3.8, 4) is 28.7 Å². The number of ether oxygens (including phenoxy) is 5. The van der Waals surface area contributed by atoms with Crippen LogP contribution in [0.25, 0.3) is 6.08 Å². The summed E-state index contributed by atoms with van der Waals surface area (Å²) in [4.78, 5) is 30.3. The highest BCUT2D eigenvalue weighted by atomic mass is 16.7. The molecule has 0 spiro atoms. The number of methoxy groups -OCH3 is 1. The standard InChI is InChI=1S/C38H41N3O9/c1-6-14-47-38(45)50-34-21(3)35-36(49-19-48-35)30-24(34)17-25-31-29-23(15-20(2)33(46-5)32(29)43)16-26(40(31)4)37(44)41(25)27(30)18-39-28(42)13-12-22-10-8-7-9-11-22/h6-13,15,25-27,31,37,43-44H,1,14,16-19H2,2-5H3,(H,39,42)/t25?,26-,27-,31-,37-/m0/s1. The number of aliphatic hydroxyl groups excluding tert-OH is 1. The number of aryl methyl sites for hydroxylation is 1. The van der Waals surface area contributed by atoms with E-state index in [1.54, 1.807) is 13.0 Å². The van der Waals surface area contributed by atoms with Crippen molar-refractivity contribution in [2.75, 3.05) is 34.1 Å². The second-order valence-electron chi connectivity index (χ2n) is 13.0. The van der Waals surface area contributed by atoms with Gasteiger partial charge < -0.3 is 39.2 Å². The van der Waals surface area contributed by atoms with E-state index in [1.165, 1.54) is 19.3 Å². The van der Waals surface area contributed by atoms with E-state index < -0.39 is 30.5 Å². The number of carbonyl (C=O) groups excluding carboxylic acids is 2. The molecule has 12 nitrogen and oxygen atoms in total. The first-order valence-corrected chi connectivity index (χ1v) is 16.6. The fraction of sp³-hybridized carbons (Fsp3) is 0.368. The van der Waals surface area contributed by atoms with E-state index in [0.29, 0.717) is 46.8 Å². The Morgan fingerprint density at radius 2 is 1.84 bits per heavy atom. The largest absolute Gasteiger partial charge is 0.514 e. The number of rotatable bonds is 8. The van der Waals surface area contributed by atoms with Gasteiger partial charge in [-0.05, 0) is 56.5 Å². The molecule has 5 atom stereocenters. The van der Waals surface area contributed by atoms with Crippen LogP contribution in [0.3, 0.4) is 0 Å². The third-order valence-corrected chi connectivity index (χ3v) is 10.3. The molecule has 0 aromatic heterocycles. The van der Waals surface area contributed by atoms with E-state index in [0.717, 1.165) is 22.3 Å². The molecule has 3 aromatic carbocycles. The Morgan fingerprint density at radius 1 is 1.08 bits per heavy atom. The zero-order valence-corrected chi connectivity index (χ0v) is 28.5.